The number of nitrogens with one attached hydrogen (secondary N) is 1. The van der Waals surface area contributed by atoms with Gasteiger partial charge in [0.2, 0.25) is 0 Å². The van der Waals surface area contributed by atoms with E-state index < -0.39 is 24.0 Å². The third-order valence-electron chi connectivity index (χ3n) is 12.1. The lowest BCUT2D eigenvalue weighted by Crippen LogP contribution is -2.50. The molecular formula is C44H55NO8. The maximum Gasteiger partial charge on any atom is 0.160 e. The fourth-order valence-electron chi connectivity index (χ4n) is 9.02. The highest BCUT2D eigenvalue weighted by Crippen LogP contribution is 2.39. The number of ketones is 2. The Labute approximate surface area is 312 Å². The molecule has 2 fully saturated rings. The number of carbonyl (C=O) groups is 2. The first-order valence-electron chi connectivity index (χ1n) is 19.5. The quantitative estimate of drug-likeness (QED) is 0.106. The van der Waals surface area contributed by atoms with Crippen LogP contribution in [-0.4, -0.2) is 69.5 Å². The third-order valence-corrected chi connectivity index (χ3v) is 12.1. The Bertz CT molecular complexity index is 1810. The summed E-state index contributed by atoms with van der Waals surface area (Å²) in [6, 6.07) is 14.5. The number of aliphatic hydroxyl groups excluding tert-OH is 3. The van der Waals surface area contributed by atoms with Crippen LogP contribution in [0.15, 0.2) is 48.5 Å². The molecule has 1 saturated heterocycles. The Hall–Kier alpha value is -3.94. The maximum absolute atomic E-state index is 13.7. The van der Waals surface area contributed by atoms with Crippen molar-refractivity contribution in [1.82, 2.24) is 5.32 Å². The van der Waals surface area contributed by atoms with E-state index in [1.807, 2.05) is 24.3 Å². The van der Waals surface area contributed by atoms with Crippen LogP contribution >= 0.6 is 0 Å². The zero-order chi connectivity index (χ0) is 37.5. The van der Waals surface area contributed by atoms with E-state index in [1.54, 1.807) is 24.3 Å². The molecule has 0 aromatic heterocycles. The van der Waals surface area contributed by atoms with Crippen LogP contribution in [0.2, 0.25) is 0 Å². The van der Waals surface area contributed by atoms with E-state index in [4.69, 9.17) is 4.74 Å². The van der Waals surface area contributed by atoms with Gasteiger partial charge in [0.25, 0.3) is 0 Å². The van der Waals surface area contributed by atoms with Gasteiger partial charge < -0.3 is 35.6 Å². The minimum atomic E-state index is -0.931. The van der Waals surface area contributed by atoms with Crippen molar-refractivity contribution >= 4 is 22.3 Å². The van der Waals surface area contributed by atoms with Gasteiger partial charge in [-0.2, -0.15) is 0 Å². The molecule has 2 aliphatic carbocycles. The van der Waals surface area contributed by atoms with E-state index >= 15 is 0 Å². The van der Waals surface area contributed by atoms with Crippen molar-refractivity contribution < 1.29 is 39.9 Å². The molecule has 9 nitrogen and oxygen atoms in total. The number of carbonyl (C=O) groups excluding carboxylic acids is 2. The minimum Gasteiger partial charge on any atom is -0.508 e. The number of Topliss-reactive ketones (excluding diaryl/α,β-unsaturated/α-hetero) is 2. The van der Waals surface area contributed by atoms with Gasteiger partial charge in [-0.15, -0.1) is 0 Å². The normalized spacial score (nSPS) is 24.8. The fraction of sp³-hybridized carbons (Fsp3) is 0.545. The molecule has 0 amide bonds. The second-order valence-corrected chi connectivity index (χ2v) is 15.6. The molecule has 53 heavy (non-hydrogen) atoms. The van der Waals surface area contributed by atoms with Crippen molar-refractivity contribution in [2.45, 2.75) is 108 Å². The first-order valence-corrected chi connectivity index (χ1v) is 19.5. The number of hydrogen-bond acceptors (Lipinski definition) is 9. The molecule has 3 aliphatic rings. The molecule has 0 bridgehead atoms. The summed E-state index contributed by atoms with van der Waals surface area (Å²) in [6.45, 7) is 1.01. The lowest BCUT2D eigenvalue weighted by molar-refractivity contribution is -0.124. The van der Waals surface area contributed by atoms with Gasteiger partial charge in [0.15, 0.2) is 17.3 Å². The van der Waals surface area contributed by atoms with Gasteiger partial charge in [0.05, 0.1) is 19.3 Å². The number of rotatable bonds is 14. The highest BCUT2D eigenvalue weighted by atomic mass is 16.5. The number of aromatic hydroxyl groups is 2. The van der Waals surface area contributed by atoms with Crippen LogP contribution in [-0.2, 0) is 16.0 Å². The standard InChI is InChI=1S/C44H55NO8/c1-53-44-23-31-13-18-42(51)37(41(50)6-2-4-27(5-3-19-46)34-21-32-10-15-36(48)24-39(32)45-26-34)16-11-28(38(31)25-43(44)52)12-17-40(49)33-8-7-30-22-35(47)14-9-29(30)20-33/h7-9,14,20,22-23,25,27-28,32,34,37,39-41,45-47,49-50,52H,2-6,10,12-13,15,17-19,21,24,26H2,1H3/t27-,28+,32-,34+,37-,39-,40+,41-/m1/s1. The lowest BCUT2D eigenvalue weighted by Gasteiger charge is -2.42. The number of aliphatic hydroxyl groups is 3. The Morgan fingerprint density at radius 3 is 2.51 bits per heavy atom. The van der Waals surface area contributed by atoms with Crippen molar-refractivity contribution in [3.8, 4) is 29.1 Å². The predicted molar refractivity (Wildman–Crippen MR) is 204 cm³/mol. The molecule has 0 spiro atoms. The van der Waals surface area contributed by atoms with Crippen molar-refractivity contribution in [3.63, 3.8) is 0 Å². The second kappa shape index (κ2) is 17.9. The van der Waals surface area contributed by atoms with E-state index in [-0.39, 0.29) is 36.4 Å². The third kappa shape index (κ3) is 9.60. The smallest absolute Gasteiger partial charge is 0.160 e. The van der Waals surface area contributed by atoms with Crippen LogP contribution in [0.3, 0.4) is 0 Å². The summed E-state index contributed by atoms with van der Waals surface area (Å²) in [5.74, 6) is 7.28. The van der Waals surface area contributed by atoms with E-state index in [0.717, 1.165) is 72.5 Å². The van der Waals surface area contributed by atoms with Crippen molar-refractivity contribution in [1.29, 1.82) is 0 Å². The van der Waals surface area contributed by atoms with Crippen molar-refractivity contribution in [3.05, 3.63) is 65.2 Å². The van der Waals surface area contributed by atoms with Gasteiger partial charge in [0, 0.05) is 37.8 Å². The highest BCUT2D eigenvalue weighted by Gasteiger charge is 2.37. The molecule has 1 aliphatic heterocycles. The first-order chi connectivity index (χ1) is 25.6. The molecule has 1 saturated carbocycles. The van der Waals surface area contributed by atoms with Gasteiger partial charge in [-0.25, -0.2) is 0 Å². The molecule has 8 atom stereocenters. The largest absolute Gasteiger partial charge is 0.508 e. The Morgan fingerprint density at radius 1 is 0.906 bits per heavy atom. The number of fused-ring (bicyclic) bond motifs is 3. The number of hydrogen-bond donors (Lipinski definition) is 6. The lowest BCUT2D eigenvalue weighted by atomic mass is 9.70. The molecule has 9 heteroatoms. The summed E-state index contributed by atoms with van der Waals surface area (Å²) in [5, 5.41) is 58.5. The van der Waals surface area contributed by atoms with E-state index in [2.05, 4.69) is 17.2 Å². The zero-order valence-corrected chi connectivity index (χ0v) is 30.8. The average Bonchev–Trinajstić information content (AvgIpc) is 3.22. The number of ether oxygens (including phenoxy) is 1. The van der Waals surface area contributed by atoms with Crippen LogP contribution in [0.5, 0.6) is 17.2 Å². The number of piperidine rings is 1. The number of phenols is 2. The number of methoxy groups -OCH3 is 1. The molecule has 0 radical (unpaired) electrons. The Balaban J connectivity index is 1.15. The van der Waals surface area contributed by atoms with Crippen LogP contribution < -0.4 is 10.1 Å². The molecule has 3 aromatic rings. The van der Waals surface area contributed by atoms with Crippen LogP contribution in [0.1, 0.15) is 106 Å². The molecule has 6 N–H and O–H groups in total. The minimum absolute atomic E-state index is 0.0186. The average molecular weight is 726 g/mol. The van der Waals surface area contributed by atoms with Crippen LogP contribution in [0.25, 0.3) is 10.8 Å². The molecule has 6 rings (SSSR count). The van der Waals surface area contributed by atoms with Gasteiger partial charge in [-0.3, -0.25) is 9.59 Å². The van der Waals surface area contributed by atoms with Crippen molar-refractivity contribution in [2.24, 2.45) is 23.7 Å². The summed E-state index contributed by atoms with van der Waals surface area (Å²) in [5.41, 5.74) is 2.38. The molecule has 0 unspecified atom stereocenters. The van der Waals surface area contributed by atoms with Crippen LogP contribution in [0, 0.1) is 35.5 Å². The molecule has 1 heterocycles. The van der Waals surface area contributed by atoms with Gasteiger partial charge in [-0.1, -0.05) is 42.9 Å². The number of benzene rings is 3. The second-order valence-electron chi connectivity index (χ2n) is 15.6. The summed E-state index contributed by atoms with van der Waals surface area (Å²) in [4.78, 5) is 25.7. The fourth-order valence-corrected chi connectivity index (χ4v) is 9.02. The summed E-state index contributed by atoms with van der Waals surface area (Å²) >= 11 is 0. The Kier molecular flexibility index (Phi) is 13.1. The highest BCUT2D eigenvalue weighted by molar-refractivity contribution is 5.85. The van der Waals surface area contributed by atoms with Gasteiger partial charge in [0.1, 0.15) is 17.5 Å². The van der Waals surface area contributed by atoms with E-state index in [1.165, 1.54) is 7.11 Å². The molecule has 3 aromatic carbocycles. The zero-order valence-electron chi connectivity index (χ0n) is 30.8. The summed E-state index contributed by atoms with van der Waals surface area (Å²) in [7, 11) is 1.49. The van der Waals surface area contributed by atoms with Gasteiger partial charge in [-0.05, 0) is 133 Å². The predicted octanol–water partition coefficient (Wildman–Crippen LogP) is 6.26. The van der Waals surface area contributed by atoms with E-state index in [0.29, 0.717) is 67.8 Å². The Morgan fingerprint density at radius 2 is 1.70 bits per heavy atom. The first kappa shape index (κ1) is 38.8. The van der Waals surface area contributed by atoms with Crippen LogP contribution in [0.4, 0.5) is 0 Å². The number of aryl methyl sites for hydroxylation is 1. The molecular weight excluding hydrogens is 670 g/mol. The topological polar surface area (TPSA) is 157 Å². The van der Waals surface area contributed by atoms with Crippen molar-refractivity contribution in [2.75, 3.05) is 20.3 Å². The monoisotopic (exact) mass is 725 g/mol. The number of phenolic OH excluding ortho intramolecular Hbond substituents is 2. The summed E-state index contributed by atoms with van der Waals surface area (Å²) in [6.07, 6.45) is 6.70. The SMILES string of the molecule is COc1cc2c(cc1O)[C@H](CC[C@H](O)c1ccc3cc(O)ccc3c1)C#C[C@H]([C@H](O)CCC[C@H](CCCO)[C@@H]1CN[C@@H]3CC(=O)CC[C@@H]3C1)C(=O)CC2. The summed E-state index contributed by atoms with van der Waals surface area (Å²) < 4.78 is 5.40. The molecule has 284 valence electrons. The van der Waals surface area contributed by atoms with E-state index in [9.17, 15) is 35.1 Å². The van der Waals surface area contributed by atoms with Gasteiger partial charge >= 0.3 is 0 Å². The maximum atomic E-state index is 13.7.